The molecule has 124 valence electrons. The lowest BCUT2D eigenvalue weighted by atomic mass is 9.97. The number of hydrogen-bond donors (Lipinski definition) is 0. The minimum Gasteiger partial charge on any atom is -0.486 e. The first-order valence-corrected chi connectivity index (χ1v) is 8.04. The van der Waals surface area contributed by atoms with Gasteiger partial charge in [0.05, 0.1) is 12.5 Å². The number of carbonyl (C=O) groups is 2. The summed E-state index contributed by atoms with van der Waals surface area (Å²) in [5, 5.41) is 0. The van der Waals surface area contributed by atoms with Gasteiger partial charge in [-0.05, 0) is 38.0 Å². The van der Waals surface area contributed by atoms with Crippen molar-refractivity contribution in [2.75, 3.05) is 32.9 Å². The first-order chi connectivity index (χ1) is 11.2. The van der Waals surface area contributed by atoms with Gasteiger partial charge in [-0.15, -0.1) is 0 Å². The molecule has 2 aliphatic heterocycles. The van der Waals surface area contributed by atoms with E-state index in [1.165, 1.54) is 0 Å². The van der Waals surface area contributed by atoms with Gasteiger partial charge in [-0.1, -0.05) is 0 Å². The van der Waals surface area contributed by atoms with Crippen LogP contribution < -0.4 is 9.47 Å². The molecule has 2 aliphatic rings. The van der Waals surface area contributed by atoms with Crippen LogP contribution >= 0.6 is 0 Å². The lowest BCUT2D eigenvalue weighted by molar-refractivity contribution is -0.149. The number of esters is 1. The summed E-state index contributed by atoms with van der Waals surface area (Å²) in [6.45, 7) is 4.23. The Kier molecular flexibility index (Phi) is 4.69. The monoisotopic (exact) mass is 319 g/mol. The standard InChI is InChI=1S/C17H21NO5/c1-2-21-17(20)13-4-3-7-18(11-13)16(19)12-5-6-14-15(10-12)23-9-8-22-14/h5-6,10,13H,2-4,7-9,11H2,1H3/t13-/m1/s1. The van der Waals surface area contributed by atoms with Crippen LogP contribution in [0.4, 0.5) is 0 Å². The first-order valence-electron chi connectivity index (χ1n) is 8.04. The highest BCUT2D eigenvalue weighted by Gasteiger charge is 2.30. The highest BCUT2D eigenvalue weighted by molar-refractivity contribution is 5.95. The first kappa shape index (κ1) is 15.6. The molecular weight excluding hydrogens is 298 g/mol. The fraction of sp³-hybridized carbons (Fsp3) is 0.529. The minimum atomic E-state index is -0.232. The van der Waals surface area contributed by atoms with Crippen LogP contribution in [0.3, 0.4) is 0 Å². The van der Waals surface area contributed by atoms with Crippen LogP contribution in [0.1, 0.15) is 30.1 Å². The molecule has 6 nitrogen and oxygen atoms in total. The molecule has 2 heterocycles. The van der Waals surface area contributed by atoms with E-state index in [0.29, 0.717) is 50.0 Å². The van der Waals surface area contributed by atoms with Crippen molar-refractivity contribution in [2.24, 2.45) is 5.92 Å². The van der Waals surface area contributed by atoms with Gasteiger partial charge in [-0.3, -0.25) is 9.59 Å². The topological polar surface area (TPSA) is 65.1 Å². The van der Waals surface area contributed by atoms with Gasteiger partial charge in [0.1, 0.15) is 13.2 Å². The van der Waals surface area contributed by atoms with Crippen molar-refractivity contribution in [2.45, 2.75) is 19.8 Å². The summed E-state index contributed by atoms with van der Waals surface area (Å²) in [5.74, 6) is 0.727. The SMILES string of the molecule is CCOC(=O)[C@@H]1CCCN(C(=O)c2ccc3c(c2)OCCO3)C1. The van der Waals surface area contributed by atoms with E-state index in [1.807, 2.05) is 0 Å². The van der Waals surface area contributed by atoms with E-state index in [4.69, 9.17) is 14.2 Å². The average molecular weight is 319 g/mol. The average Bonchev–Trinajstić information content (AvgIpc) is 2.61. The molecule has 6 heteroatoms. The van der Waals surface area contributed by atoms with E-state index in [9.17, 15) is 9.59 Å². The van der Waals surface area contributed by atoms with Crippen molar-refractivity contribution in [3.05, 3.63) is 23.8 Å². The van der Waals surface area contributed by atoms with Crippen molar-refractivity contribution in [3.8, 4) is 11.5 Å². The molecular formula is C17H21NO5. The number of amides is 1. The molecule has 1 fully saturated rings. The van der Waals surface area contributed by atoms with Crippen LogP contribution in [0.25, 0.3) is 0 Å². The van der Waals surface area contributed by atoms with Crippen LogP contribution in [-0.2, 0) is 9.53 Å². The van der Waals surface area contributed by atoms with Gasteiger partial charge in [-0.25, -0.2) is 0 Å². The number of nitrogens with zero attached hydrogens (tertiary/aromatic N) is 1. The zero-order chi connectivity index (χ0) is 16.2. The second-order valence-electron chi connectivity index (χ2n) is 5.70. The Morgan fingerprint density at radius 2 is 2.04 bits per heavy atom. The molecule has 0 radical (unpaired) electrons. The molecule has 0 bridgehead atoms. The number of ether oxygens (including phenoxy) is 3. The third-order valence-corrected chi connectivity index (χ3v) is 4.12. The van der Waals surface area contributed by atoms with E-state index in [-0.39, 0.29) is 17.8 Å². The summed E-state index contributed by atoms with van der Waals surface area (Å²) in [7, 11) is 0. The molecule has 23 heavy (non-hydrogen) atoms. The largest absolute Gasteiger partial charge is 0.486 e. The predicted octanol–water partition coefficient (Wildman–Crippen LogP) is 1.87. The summed E-state index contributed by atoms with van der Waals surface area (Å²) >= 11 is 0. The molecule has 0 unspecified atom stereocenters. The maximum Gasteiger partial charge on any atom is 0.310 e. The van der Waals surface area contributed by atoms with E-state index in [2.05, 4.69) is 0 Å². The van der Waals surface area contributed by atoms with Crippen molar-refractivity contribution in [3.63, 3.8) is 0 Å². The Balaban J connectivity index is 1.71. The number of hydrogen-bond acceptors (Lipinski definition) is 5. The summed E-state index contributed by atoms with van der Waals surface area (Å²) in [6.07, 6.45) is 1.57. The number of benzene rings is 1. The molecule has 0 saturated carbocycles. The fourth-order valence-electron chi connectivity index (χ4n) is 2.97. The molecule has 0 aromatic heterocycles. The van der Waals surface area contributed by atoms with Gasteiger partial charge in [0, 0.05) is 18.7 Å². The van der Waals surface area contributed by atoms with E-state index in [1.54, 1.807) is 30.0 Å². The number of rotatable bonds is 3. The van der Waals surface area contributed by atoms with E-state index >= 15 is 0 Å². The van der Waals surface area contributed by atoms with Gasteiger partial charge in [-0.2, -0.15) is 0 Å². The lowest BCUT2D eigenvalue weighted by Crippen LogP contribution is -2.42. The van der Waals surface area contributed by atoms with Crippen LogP contribution in [0, 0.1) is 5.92 Å². The van der Waals surface area contributed by atoms with Crippen LogP contribution in [0.15, 0.2) is 18.2 Å². The Bertz CT molecular complexity index is 601. The normalized spacial score (nSPS) is 20.0. The van der Waals surface area contributed by atoms with Crippen molar-refractivity contribution in [1.29, 1.82) is 0 Å². The van der Waals surface area contributed by atoms with Gasteiger partial charge in [0.25, 0.3) is 5.91 Å². The number of fused-ring (bicyclic) bond motifs is 1. The Hall–Kier alpha value is -2.24. The number of piperidine rings is 1. The van der Waals surface area contributed by atoms with E-state index in [0.717, 1.165) is 12.8 Å². The summed E-state index contributed by atoms with van der Waals surface area (Å²) in [6, 6.07) is 5.21. The molecule has 1 atom stereocenters. The van der Waals surface area contributed by atoms with Crippen LogP contribution in [-0.4, -0.2) is 49.7 Å². The molecule has 0 spiro atoms. The third-order valence-electron chi connectivity index (χ3n) is 4.12. The predicted molar refractivity (Wildman–Crippen MR) is 82.7 cm³/mol. The van der Waals surface area contributed by atoms with E-state index < -0.39 is 0 Å². The maximum atomic E-state index is 12.7. The quantitative estimate of drug-likeness (QED) is 0.796. The van der Waals surface area contributed by atoms with Crippen molar-refractivity contribution < 1.29 is 23.8 Å². The maximum absolute atomic E-state index is 12.7. The van der Waals surface area contributed by atoms with Gasteiger partial charge < -0.3 is 19.1 Å². The third kappa shape index (κ3) is 3.41. The van der Waals surface area contributed by atoms with Crippen molar-refractivity contribution in [1.82, 2.24) is 4.90 Å². The van der Waals surface area contributed by atoms with Gasteiger partial charge in [0.15, 0.2) is 11.5 Å². The van der Waals surface area contributed by atoms with Crippen LogP contribution in [0.5, 0.6) is 11.5 Å². The lowest BCUT2D eigenvalue weighted by Gasteiger charge is -2.31. The Labute approximate surface area is 135 Å². The molecule has 1 amide bonds. The summed E-state index contributed by atoms with van der Waals surface area (Å²) in [4.78, 5) is 26.3. The molecule has 3 rings (SSSR count). The highest BCUT2D eigenvalue weighted by Crippen LogP contribution is 2.31. The van der Waals surface area contributed by atoms with Crippen molar-refractivity contribution >= 4 is 11.9 Å². The zero-order valence-electron chi connectivity index (χ0n) is 13.2. The number of likely N-dealkylation sites (tertiary alicyclic amines) is 1. The fourth-order valence-corrected chi connectivity index (χ4v) is 2.97. The molecule has 1 saturated heterocycles. The zero-order valence-corrected chi connectivity index (χ0v) is 13.2. The Morgan fingerprint density at radius 3 is 2.83 bits per heavy atom. The van der Waals surface area contributed by atoms with Gasteiger partial charge >= 0.3 is 5.97 Å². The minimum absolute atomic E-state index is 0.0871. The second kappa shape index (κ2) is 6.89. The molecule has 0 N–H and O–H groups in total. The van der Waals surface area contributed by atoms with Gasteiger partial charge in [0.2, 0.25) is 0 Å². The van der Waals surface area contributed by atoms with Crippen LogP contribution in [0.2, 0.25) is 0 Å². The highest BCUT2D eigenvalue weighted by atomic mass is 16.6. The second-order valence-corrected chi connectivity index (χ2v) is 5.70. The molecule has 0 aliphatic carbocycles. The summed E-state index contributed by atoms with van der Waals surface area (Å²) < 4.78 is 16.1. The molecule has 1 aromatic rings. The Morgan fingerprint density at radius 1 is 1.26 bits per heavy atom. The number of carbonyl (C=O) groups excluding carboxylic acids is 2. The molecule has 1 aromatic carbocycles. The summed E-state index contributed by atoms with van der Waals surface area (Å²) in [5.41, 5.74) is 0.554. The smallest absolute Gasteiger partial charge is 0.310 e.